The third-order valence-corrected chi connectivity index (χ3v) is 3.81. The van der Waals surface area contributed by atoms with Crippen molar-refractivity contribution in [2.24, 2.45) is 0 Å². The summed E-state index contributed by atoms with van der Waals surface area (Å²) in [6.45, 7) is 2.66. The van der Waals surface area contributed by atoms with Crippen LogP contribution in [0.1, 0.15) is 31.7 Å². The van der Waals surface area contributed by atoms with Gasteiger partial charge >= 0.3 is 0 Å². The van der Waals surface area contributed by atoms with E-state index in [0.29, 0.717) is 30.9 Å². The third kappa shape index (κ3) is 2.85. The number of methoxy groups -OCH3 is 2. The molecule has 106 valence electrons. The number of hydrogen-bond acceptors (Lipinski definition) is 4. The van der Waals surface area contributed by atoms with Gasteiger partial charge in [-0.3, -0.25) is 0 Å². The standard InChI is InChI=1S/C15H22O4/c1-4-12-10-15(16,7-8-19-12)11-5-6-13(17-2)14(9-11)18-3/h5-6,9,12,16H,4,7-8,10H2,1-3H3. The maximum atomic E-state index is 10.9. The maximum absolute atomic E-state index is 10.9. The number of rotatable bonds is 4. The molecule has 1 aliphatic rings. The highest BCUT2D eigenvalue weighted by Gasteiger charge is 2.36. The van der Waals surface area contributed by atoms with E-state index in [0.717, 1.165) is 12.0 Å². The van der Waals surface area contributed by atoms with Gasteiger partial charge in [0, 0.05) is 12.8 Å². The van der Waals surface area contributed by atoms with Crippen LogP contribution in [0.2, 0.25) is 0 Å². The van der Waals surface area contributed by atoms with Crippen molar-refractivity contribution in [2.75, 3.05) is 20.8 Å². The lowest BCUT2D eigenvalue weighted by molar-refractivity contribution is -0.108. The second-order valence-corrected chi connectivity index (χ2v) is 4.96. The van der Waals surface area contributed by atoms with Crippen molar-refractivity contribution in [3.8, 4) is 11.5 Å². The fourth-order valence-electron chi connectivity index (χ4n) is 2.58. The first kappa shape index (κ1) is 14.2. The second-order valence-electron chi connectivity index (χ2n) is 4.96. The van der Waals surface area contributed by atoms with E-state index in [1.807, 2.05) is 18.2 Å². The molecule has 1 heterocycles. The van der Waals surface area contributed by atoms with E-state index in [1.54, 1.807) is 14.2 Å². The van der Waals surface area contributed by atoms with E-state index < -0.39 is 5.60 Å². The van der Waals surface area contributed by atoms with Crippen molar-refractivity contribution >= 4 is 0 Å². The van der Waals surface area contributed by atoms with Gasteiger partial charge in [0.15, 0.2) is 11.5 Å². The average Bonchev–Trinajstić information content (AvgIpc) is 2.46. The molecule has 2 rings (SSSR count). The quantitative estimate of drug-likeness (QED) is 0.909. The molecular weight excluding hydrogens is 244 g/mol. The highest BCUT2D eigenvalue weighted by molar-refractivity contribution is 5.44. The molecule has 0 radical (unpaired) electrons. The minimum Gasteiger partial charge on any atom is -0.493 e. The Morgan fingerprint density at radius 1 is 1.32 bits per heavy atom. The Bertz CT molecular complexity index is 432. The van der Waals surface area contributed by atoms with Crippen molar-refractivity contribution in [3.05, 3.63) is 23.8 Å². The lowest BCUT2D eigenvalue weighted by Crippen LogP contribution is -2.38. The van der Waals surface area contributed by atoms with Crippen molar-refractivity contribution in [2.45, 2.75) is 37.9 Å². The first-order chi connectivity index (χ1) is 9.12. The van der Waals surface area contributed by atoms with Crippen molar-refractivity contribution in [1.29, 1.82) is 0 Å². The van der Waals surface area contributed by atoms with Crippen LogP contribution in [0.3, 0.4) is 0 Å². The molecule has 4 nitrogen and oxygen atoms in total. The van der Waals surface area contributed by atoms with E-state index in [-0.39, 0.29) is 6.10 Å². The summed E-state index contributed by atoms with van der Waals surface area (Å²) in [7, 11) is 3.21. The van der Waals surface area contributed by atoms with Gasteiger partial charge < -0.3 is 19.3 Å². The van der Waals surface area contributed by atoms with Gasteiger partial charge in [-0.05, 0) is 24.1 Å². The van der Waals surface area contributed by atoms with Gasteiger partial charge in [-0.15, -0.1) is 0 Å². The molecule has 1 fully saturated rings. The summed E-state index contributed by atoms with van der Waals surface area (Å²) in [4.78, 5) is 0. The van der Waals surface area contributed by atoms with Crippen LogP contribution in [0.25, 0.3) is 0 Å². The van der Waals surface area contributed by atoms with E-state index >= 15 is 0 Å². The monoisotopic (exact) mass is 266 g/mol. The van der Waals surface area contributed by atoms with Crippen molar-refractivity contribution < 1.29 is 19.3 Å². The molecule has 2 unspecified atom stereocenters. The minimum absolute atomic E-state index is 0.117. The number of aliphatic hydroxyl groups is 1. The molecule has 0 aromatic heterocycles. The normalized spacial score (nSPS) is 27.1. The van der Waals surface area contributed by atoms with E-state index in [9.17, 15) is 5.11 Å². The largest absolute Gasteiger partial charge is 0.493 e. The highest BCUT2D eigenvalue weighted by Crippen LogP contribution is 2.39. The van der Waals surface area contributed by atoms with Crippen LogP contribution in [0.15, 0.2) is 18.2 Å². The molecule has 0 spiro atoms. The zero-order valence-electron chi connectivity index (χ0n) is 11.8. The molecule has 1 aromatic rings. The van der Waals surface area contributed by atoms with Gasteiger partial charge in [-0.2, -0.15) is 0 Å². The Morgan fingerprint density at radius 3 is 2.68 bits per heavy atom. The van der Waals surface area contributed by atoms with Crippen LogP contribution in [-0.4, -0.2) is 32.0 Å². The molecule has 1 saturated heterocycles. The van der Waals surface area contributed by atoms with Crippen LogP contribution in [-0.2, 0) is 10.3 Å². The Morgan fingerprint density at radius 2 is 2.05 bits per heavy atom. The van der Waals surface area contributed by atoms with Gasteiger partial charge in [-0.25, -0.2) is 0 Å². The van der Waals surface area contributed by atoms with E-state index in [4.69, 9.17) is 14.2 Å². The zero-order valence-corrected chi connectivity index (χ0v) is 11.8. The average molecular weight is 266 g/mol. The fraction of sp³-hybridized carbons (Fsp3) is 0.600. The first-order valence-electron chi connectivity index (χ1n) is 6.69. The number of ether oxygens (including phenoxy) is 3. The second kappa shape index (κ2) is 5.80. The zero-order chi connectivity index (χ0) is 13.9. The number of hydrogen-bond donors (Lipinski definition) is 1. The third-order valence-electron chi connectivity index (χ3n) is 3.81. The minimum atomic E-state index is -0.835. The first-order valence-corrected chi connectivity index (χ1v) is 6.69. The fourth-order valence-corrected chi connectivity index (χ4v) is 2.58. The predicted molar refractivity (Wildman–Crippen MR) is 72.7 cm³/mol. The summed E-state index contributed by atoms with van der Waals surface area (Å²) in [5, 5.41) is 10.9. The van der Waals surface area contributed by atoms with Crippen LogP contribution in [0.4, 0.5) is 0 Å². The SMILES string of the molecule is CCC1CC(O)(c2ccc(OC)c(OC)c2)CCO1. The Balaban J connectivity index is 2.29. The summed E-state index contributed by atoms with van der Waals surface area (Å²) in [5.74, 6) is 1.32. The maximum Gasteiger partial charge on any atom is 0.161 e. The van der Waals surface area contributed by atoms with Gasteiger partial charge in [0.2, 0.25) is 0 Å². The summed E-state index contributed by atoms with van der Waals surface area (Å²) in [5.41, 5.74) is 0.0327. The van der Waals surface area contributed by atoms with Crippen LogP contribution >= 0.6 is 0 Å². The molecule has 0 saturated carbocycles. The molecule has 0 bridgehead atoms. The van der Waals surface area contributed by atoms with Crippen LogP contribution in [0.5, 0.6) is 11.5 Å². The van der Waals surface area contributed by atoms with Gasteiger partial charge in [0.25, 0.3) is 0 Å². The smallest absolute Gasteiger partial charge is 0.161 e. The molecule has 19 heavy (non-hydrogen) atoms. The molecule has 2 atom stereocenters. The van der Waals surface area contributed by atoms with Gasteiger partial charge in [0.1, 0.15) is 0 Å². The summed E-state index contributed by atoms with van der Waals surface area (Å²) >= 11 is 0. The summed E-state index contributed by atoms with van der Waals surface area (Å²) in [6, 6.07) is 5.60. The molecule has 4 heteroatoms. The van der Waals surface area contributed by atoms with Crippen molar-refractivity contribution in [3.63, 3.8) is 0 Å². The van der Waals surface area contributed by atoms with E-state index in [1.165, 1.54) is 0 Å². The van der Waals surface area contributed by atoms with Crippen LogP contribution in [0, 0.1) is 0 Å². The molecule has 0 aliphatic carbocycles. The lowest BCUT2D eigenvalue weighted by Gasteiger charge is -2.37. The van der Waals surface area contributed by atoms with Gasteiger partial charge in [-0.1, -0.05) is 13.0 Å². The predicted octanol–water partition coefficient (Wildman–Crippen LogP) is 2.48. The molecule has 0 amide bonds. The lowest BCUT2D eigenvalue weighted by atomic mass is 9.83. The Kier molecular flexibility index (Phi) is 4.32. The molecule has 1 aliphatic heterocycles. The van der Waals surface area contributed by atoms with Crippen LogP contribution < -0.4 is 9.47 Å². The summed E-state index contributed by atoms with van der Waals surface area (Å²) in [6.07, 6.45) is 2.26. The van der Waals surface area contributed by atoms with Crippen molar-refractivity contribution in [1.82, 2.24) is 0 Å². The topological polar surface area (TPSA) is 47.9 Å². The molecular formula is C15H22O4. The molecule has 1 aromatic carbocycles. The summed E-state index contributed by atoms with van der Waals surface area (Å²) < 4.78 is 16.2. The Hall–Kier alpha value is -1.26. The van der Waals surface area contributed by atoms with E-state index in [2.05, 4.69) is 6.92 Å². The Labute approximate surface area is 114 Å². The van der Waals surface area contributed by atoms with Gasteiger partial charge in [0.05, 0.1) is 32.5 Å². The molecule has 1 N–H and O–H groups in total. The highest BCUT2D eigenvalue weighted by atomic mass is 16.5. The number of benzene rings is 1.